The average molecular weight is 183 g/mol. The summed E-state index contributed by atoms with van der Waals surface area (Å²) in [7, 11) is 1.92. The van der Waals surface area contributed by atoms with Gasteiger partial charge in [0.25, 0.3) is 0 Å². The number of ether oxygens (including phenoxy) is 1. The number of hydrogen-bond donors (Lipinski definition) is 0. The Morgan fingerprint density at radius 3 is 3.08 bits per heavy atom. The lowest BCUT2D eigenvalue weighted by Crippen LogP contribution is -2.51. The van der Waals surface area contributed by atoms with Crippen LogP contribution >= 0.6 is 0 Å². The number of carbonyl (C=O) groups excluding carboxylic acids is 1. The van der Waals surface area contributed by atoms with Gasteiger partial charge >= 0.3 is 0 Å². The number of hydrogen-bond acceptors (Lipinski definition) is 2. The molecule has 0 bridgehead atoms. The zero-order chi connectivity index (χ0) is 9.42. The summed E-state index contributed by atoms with van der Waals surface area (Å²) in [4.78, 5) is 13.4. The number of likely N-dealkylation sites (tertiary alicyclic amines) is 1. The van der Waals surface area contributed by atoms with Gasteiger partial charge in [-0.1, -0.05) is 0 Å². The molecule has 0 N–H and O–H groups in total. The smallest absolute Gasteiger partial charge is 0.222 e. The van der Waals surface area contributed by atoms with Crippen LogP contribution in [0, 0.1) is 11.8 Å². The number of nitrogens with zero attached hydrogens (tertiary/aromatic N) is 1. The maximum Gasteiger partial charge on any atom is 0.222 e. The highest BCUT2D eigenvalue weighted by Crippen LogP contribution is 2.34. The molecule has 3 nitrogen and oxygen atoms in total. The first-order valence-electron chi connectivity index (χ1n) is 5.03. The van der Waals surface area contributed by atoms with Crippen molar-refractivity contribution in [3.8, 4) is 0 Å². The van der Waals surface area contributed by atoms with Crippen LogP contribution in [0.2, 0.25) is 0 Å². The molecular formula is C10H17NO2. The Hall–Kier alpha value is -0.570. The molecule has 0 aromatic rings. The highest BCUT2D eigenvalue weighted by atomic mass is 16.5. The van der Waals surface area contributed by atoms with E-state index in [1.807, 2.05) is 11.9 Å². The van der Waals surface area contributed by atoms with Crippen LogP contribution in [-0.2, 0) is 9.53 Å². The maximum atomic E-state index is 11.5. The predicted octanol–water partition coefficient (Wildman–Crippen LogP) is 0.890. The molecule has 0 saturated carbocycles. The minimum atomic E-state index is 0.277. The van der Waals surface area contributed by atoms with Gasteiger partial charge < -0.3 is 9.64 Å². The summed E-state index contributed by atoms with van der Waals surface area (Å²) in [6, 6.07) is 0.398. The molecule has 0 aromatic heterocycles. The van der Waals surface area contributed by atoms with Gasteiger partial charge in [-0.3, -0.25) is 4.79 Å². The van der Waals surface area contributed by atoms with E-state index in [4.69, 9.17) is 4.74 Å². The molecule has 3 unspecified atom stereocenters. The zero-order valence-corrected chi connectivity index (χ0v) is 8.32. The minimum Gasteiger partial charge on any atom is -0.381 e. The number of carbonyl (C=O) groups is 1. The van der Waals surface area contributed by atoms with E-state index in [1.54, 1.807) is 0 Å². The van der Waals surface area contributed by atoms with Gasteiger partial charge in [-0.25, -0.2) is 0 Å². The summed E-state index contributed by atoms with van der Waals surface area (Å²) in [6.45, 7) is 3.81. The first kappa shape index (κ1) is 9.00. The van der Waals surface area contributed by atoms with Crippen LogP contribution < -0.4 is 0 Å². The number of amides is 1. The Morgan fingerprint density at radius 1 is 1.54 bits per heavy atom. The van der Waals surface area contributed by atoms with Crippen molar-refractivity contribution in [2.45, 2.75) is 25.8 Å². The fraction of sp³-hybridized carbons (Fsp3) is 0.900. The summed E-state index contributed by atoms with van der Waals surface area (Å²) >= 11 is 0. The molecule has 1 amide bonds. The monoisotopic (exact) mass is 183 g/mol. The minimum absolute atomic E-state index is 0.277. The molecule has 0 spiro atoms. The molecule has 2 aliphatic rings. The molecule has 0 aromatic carbocycles. The molecule has 2 saturated heterocycles. The molecule has 2 aliphatic heterocycles. The lowest BCUT2D eigenvalue weighted by atomic mass is 9.77. The van der Waals surface area contributed by atoms with Gasteiger partial charge in [0.2, 0.25) is 5.91 Å². The van der Waals surface area contributed by atoms with Gasteiger partial charge in [0.05, 0.1) is 6.61 Å². The van der Waals surface area contributed by atoms with E-state index in [9.17, 15) is 4.79 Å². The Labute approximate surface area is 79.0 Å². The standard InChI is InChI=1S/C10H17NO2/c1-7-9-3-4-13-6-8(9)5-10(12)11(7)2/h7-9H,3-6H2,1-2H3. The van der Waals surface area contributed by atoms with E-state index in [-0.39, 0.29) is 5.91 Å². The molecule has 0 aliphatic carbocycles. The van der Waals surface area contributed by atoms with Crippen molar-refractivity contribution in [2.24, 2.45) is 11.8 Å². The van der Waals surface area contributed by atoms with Crippen LogP contribution in [0.15, 0.2) is 0 Å². The van der Waals surface area contributed by atoms with E-state index in [2.05, 4.69) is 6.92 Å². The maximum absolute atomic E-state index is 11.5. The zero-order valence-electron chi connectivity index (χ0n) is 8.32. The SMILES string of the molecule is CC1C2CCOCC2CC(=O)N1C. The molecule has 3 atom stereocenters. The molecule has 2 rings (SSSR count). The van der Waals surface area contributed by atoms with Crippen LogP contribution in [0.3, 0.4) is 0 Å². The molecule has 3 heteroatoms. The summed E-state index contributed by atoms with van der Waals surface area (Å²) in [5.41, 5.74) is 0. The van der Waals surface area contributed by atoms with E-state index < -0.39 is 0 Å². The second-order valence-corrected chi connectivity index (χ2v) is 4.24. The Morgan fingerprint density at radius 2 is 2.31 bits per heavy atom. The largest absolute Gasteiger partial charge is 0.381 e. The molecule has 74 valence electrons. The molecule has 13 heavy (non-hydrogen) atoms. The van der Waals surface area contributed by atoms with Crippen LogP contribution in [0.4, 0.5) is 0 Å². The van der Waals surface area contributed by atoms with Crippen molar-refractivity contribution in [3.63, 3.8) is 0 Å². The molecule has 2 fully saturated rings. The molecule has 2 heterocycles. The second kappa shape index (κ2) is 3.29. The lowest BCUT2D eigenvalue weighted by Gasteiger charge is -2.44. The van der Waals surface area contributed by atoms with Crippen LogP contribution in [0.5, 0.6) is 0 Å². The first-order chi connectivity index (χ1) is 6.20. The van der Waals surface area contributed by atoms with E-state index >= 15 is 0 Å². The fourth-order valence-electron chi connectivity index (χ4n) is 2.54. The Balaban J connectivity index is 2.12. The molecular weight excluding hydrogens is 166 g/mol. The number of fused-ring (bicyclic) bond motifs is 1. The van der Waals surface area contributed by atoms with Crippen LogP contribution in [-0.4, -0.2) is 37.1 Å². The Bertz CT molecular complexity index is 215. The Kier molecular flexibility index (Phi) is 2.28. The third kappa shape index (κ3) is 1.46. The average Bonchev–Trinajstić information content (AvgIpc) is 2.15. The topological polar surface area (TPSA) is 29.5 Å². The third-order valence-electron chi connectivity index (χ3n) is 3.59. The first-order valence-corrected chi connectivity index (χ1v) is 5.03. The quantitative estimate of drug-likeness (QED) is 0.558. The summed E-state index contributed by atoms with van der Waals surface area (Å²) in [6.07, 6.45) is 1.80. The normalized spacial score (nSPS) is 40.3. The van der Waals surface area contributed by atoms with Crippen molar-refractivity contribution in [2.75, 3.05) is 20.3 Å². The molecule has 0 radical (unpaired) electrons. The number of rotatable bonds is 0. The van der Waals surface area contributed by atoms with Crippen molar-refractivity contribution in [1.29, 1.82) is 0 Å². The summed E-state index contributed by atoms with van der Waals surface area (Å²) in [5.74, 6) is 1.42. The highest BCUT2D eigenvalue weighted by molar-refractivity contribution is 5.77. The van der Waals surface area contributed by atoms with Crippen molar-refractivity contribution < 1.29 is 9.53 Å². The van der Waals surface area contributed by atoms with Crippen LogP contribution in [0.1, 0.15) is 19.8 Å². The lowest BCUT2D eigenvalue weighted by molar-refractivity contribution is -0.144. The fourth-order valence-corrected chi connectivity index (χ4v) is 2.54. The number of piperidine rings is 1. The summed E-state index contributed by atoms with van der Waals surface area (Å²) in [5, 5.41) is 0. The van der Waals surface area contributed by atoms with E-state index in [1.165, 1.54) is 0 Å². The summed E-state index contributed by atoms with van der Waals surface area (Å²) < 4.78 is 5.40. The second-order valence-electron chi connectivity index (χ2n) is 4.24. The van der Waals surface area contributed by atoms with Gasteiger partial charge in [0.1, 0.15) is 0 Å². The van der Waals surface area contributed by atoms with Crippen molar-refractivity contribution in [3.05, 3.63) is 0 Å². The van der Waals surface area contributed by atoms with Crippen molar-refractivity contribution in [1.82, 2.24) is 4.90 Å². The van der Waals surface area contributed by atoms with Gasteiger partial charge in [-0.05, 0) is 25.2 Å². The van der Waals surface area contributed by atoms with Gasteiger partial charge in [0, 0.05) is 26.1 Å². The predicted molar refractivity (Wildman–Crippen MR) is 49.3 cm³/mol. The van der Waals surface area contributed by atoms with Crippen molar-refractivity contribution >= 4 is 5.91 Å². The third-order valence-corrected chi connectivity index (χ3v) is 3.59. The van der Waals surface area contributed by atoms with E-state index in [0.717, 1.165) is 19.6 Å². The van der Waals surface area contributed by atoms with Gasteiger partial charge in [-0.15, -0.1) is 0 Å². The van der Waals surface area contributed by atoms with Gasteiger partial charge in [-0.2, -0.15) is 0 Å². The highest BCUT2D eigenvalue weighted by Gasteiger charge is 2.39. The van der Waals surface area contributed by atoms with Gasteiger partial charge in [0.15, 0.2) is 0 Å². The van der Waals surface area contributed by atoms with Crippen LogP contribution in [0.25, 0.3) is 0 Å². The van der Waals surface area contributed by atoms with E-state index in [0.29, 0.717) is 24.3 Å².